The minimum Gasteiger partial charge on any atom is -0.493 e. The molecule has 3 unspecified atom stereocenters. The third-order valence-electron chi connectivity index (χ3n) is 3.22. The van der Waals surface area contributed by atoms with Gasteiger partial charge in [-0.25, -0.2) is 0 Å². The molecule has 5 heteroatoms. The molecule has 1 aromatic rings. The van der Waals surface area contributed by atoms with Crippen LogP contribution in [0.5, 0.6) is 11.5 Å². The van der Waals surface area contributed by atoms with E-state index in [-0.39, 0.29) is 18.2 Å². The van der Waals surface area contributed by atoms with Crippen molar-refractivity contribution in [3.63, 3.8) is 0 Å². The molecule has 114 valence electrons. The third-order valence-corrected chi connectivity index (χ3v) is 3.22. The molecule has 0 aliphatic heterocycles. The van der Waals surface area contributed by atoms with Crippen molar-refractivity contribution in [2.45, 2.75) is 38.5 Å². The summed E-state index contributed by atoms with van der Waals surface area (Å²) in [4.78, 5) is 0. The van der Waals surface area contributed by atoms with Crippen molar-refractivity contribution < 1.29 is 14.6 Å². The van der Waals surface area contributed by atoms with Gasteiger partial charge in [0.2, 0.25) is 0 Å². The van der Waals surface area contributed by atoms with Gasteiger partial charge in [-0.05, 0) is 26.3 Å². The molecule has 0 amide bonds. The zero-order valence-corrected chi connectivity index (χ0v) is 12.7. The highest BCUT2D eigenvalue weighted by Crippen LogP contribution is 2.34. The van der Waals surface area contributed by atoms with Crippen molar-refractivity contribution in [2.75, 3.05) is 20.8 Å². The first-order valence-corrected chi connectivity index (χ1v) is 6.88. The fourth-order valence-corrected chi connectivity index (χ4v) is 2.39. The minimum atomic E-state index is -0.344. The van der Waals surface area contributed by atoms with Gasteiger partial charge < -0.3 is 25.6 Å². The number of ether oxygens (including phenoxy) is 2. The SMILES string of the molecule is COc1cccc(C(CN)NC(C)CC(C)O)c1OC. The van der Waals surface area contributed by atoms with Gasteiger partial charge in [0, 0.05) is 24.2 Å². The summed E-state index contributed by atoms with van der Waals surface area (Å²) in [6.45, 7) is 4.25. The van der Waals surface area contributed by atoms with E-state index in [1.54, 1.807) is 21.1 Å². The van der Waals surface area contributed by atoms with Crippen molar-refractivity contribution in [3.05, 3.63) is 23.8 Å². The normalized spacial score (nSPS) is 15.5. The smallest absolute Gasteiger partial charge is 0.165 e. The Kier molecular flexibility index (Phi) is 6.78. The molecule has 0 bridgehead atoms. The second-order valence-corrected chi connectivity index (χ2v) is 5.02. The van der Waals surface area contributed by atoms with E-state index in [9.17, 15) is 5.11 Å². The predicted molar refractivity (Wildman–Crippen MR) is 80.2 cm³/mol. The summed E-state index contributed by atoms with van der Waals surface area (Å²) in [5, 5.41) is 12.9. The Morgan fingerprint density at radius 1 is 1.25 bits per heavy atom. The molecular formula is C15H26N2O3. The van der Waals surface area contributed by atoms with Crippen molar-refractivity contribution in [2.24, 2.45) is 5.73 Å². The summed E-state index contributed by atoms with van der Waals surface area (Å²) in [5.41, 5.74) is 6.84. The maximum Gasteiger partial charge on any atom is 0.165 e. The van der Waals surface area contributed by atoms with E-state index < -0.39 is 0 Å². The number of aliphatic hydroxyl groups is 1. The molecule has 0 saturated heterocycles. The van der Waals surface area contributed by atoms with E-state index in [1.165, 1.54) is 0 Å². The number of benzene rings is 1. The average molecular weight is 282 g/mol. The predicted octanol–water partition coefficient (Wildman–Crippen LogP) is 1.45. The van der Waals surface area contributed by atoms with Gasteiger partial charge in [0.05, 0.1) is 20.3 Å². The van der Waals surface area contributed by atoms with Gasteiger partial charge in [-0.15, -0.1) is 0 Å². The van der Waals surface area contributed by atoms with Gasteiger partial charge in [0.15, 0.2) is 11.5 Å². The summed E-state index contributed by atoms with van der Waals surface area (Å²) >= 11 is 0. The van der Waals surface area contributed by atoms with Crippen molar-refractivity contribution >= 4 is 0 Å². The Morgan fingerprint density at radius 3 is 2.45 bits per heavy atom. The number of nitrogens with one attached hydrogen (secondary N) is 1. The Hall–Kier alpha value is -1.30. The molecule has 3 atom stereocenters. The van der Waals surface area contributed by atoms with Gasteiger partial charge in [-0.2, -0.15) is 0 Å². The standard InChI is InChI=1S/C15H26N2O3/c1-10(8-11(2)18)17-13(9-16)12-6-5-7-14(19-3)15(12)20-4/h5-7,10-11,13,17-18H,8-9,16H2,1-4H3. The minimum absolute atomic E-state index is 0.0474. The topological polar surface area (TPSA) is 76.7 Å². The third kappa shape index (κ3) is 4.37. The van der Waals surface area contributed by atoms with E-state index in [4.69, 9.17) is 15.2 Å². The zero-order chi connectivity index (χ0) is 15.1. The van der Waals surface area contributed by atoms with Crippen LogP contribution in [0.25, 0.3) is 0 Å². The van der Waals surface area contributed by atoms with E-state index in [1.807, 2.05) is 25.1 Å². The maximum absolute atomic E-state index is 9.45. The van der Waals surface area contributed by atoms with Crippen LogP contribution in [0.3, 0.4) is 0 Å². The molecule has 0 aliphatic carbocycles. The molecule has 0 spiro atoms. The van der Waals surface area contributed by atoms with Crippen LogP contribution in [0.4, 0.5) is 0 Å². The maximum atomic E-state index is 9.45. The molecule has 0 radical (unpaired) electrons. The monoisotopic (exact) mass is 282 g/mol. The lowest BCUT2D eigenvalue weighted by Gasteiger charge is -2.25. The molecule has 0 aliphatic rings. The van der Waals surface area contributed by atoms with Gasteiger partial charge in [-0.3, -0.25) is 0 Å². The summed E-state index contributed by atoms with van der Waals surface area (Å²) in [7, 11) is 3.23. The van der Waals surface area contributed by atoms with Crippen molar-refractivity contribution in [1.29, 1.82) is 0 Å². The fraction of sp³-hybridized carbons (Fsp3) is 0.600. The second-order valence-electron chi connectivity index (χ2n) is 5.02. The first kappa shape index (κ1) is 16.8. The van der Waals surface area contributed by atoms with Gasteiger partial charge in [0.1, 0.15) is 0 Å². The first-order valence-electron chi connectivity index (χ1n) is 6.88. The van der Waals surface area contributed by atoms with Crippen LogP contribution in [0.15, 0.2) is 18.2 Å². The molecule has 1 aromatic carbocycles. The number of nitrogens with two attached hydrogens (primary N) is 1. The largest absolute Gasteiger partial charge is 0.493 e. The molecule has 0 fully saturated rings. The highest BCUT2D eigenvalue weighted by Gasteiger charge is 2.20. The quantitative estimate of drug-likeness (QED) is 0.673. The fourth-order valence-electron chi connectivity index (χ4n) is 2.39. The second kappa shape index (κ2) is 8.09. The number of para-hydroxylation sites is 1. The van der Waals surface area contributed by atoms with E-state index in [0.717, 1.165) is 5.56 Å². The lowest BCUT2D eigenvalue weighted by Crippen LogP contribution is -2.36. The molecular weight excluding hydrogens is 256 g/mol. The van der Waals surface area contributed by atoms with Crippen LogP contribution in [-0.4, -0.2) is 38.0 Å². The molecule has 1 rings (SSSR count). The van der Waals surface area contributed by atoms with E-state index in [0.29, 0.717) is 24.5 Å². The highest BCUT2D eigenvalue weighted by atomic mass is 16.5. The van der Waals surface area contributed by atoms with Crippen LogP contribution in [0.2, 0.25) is 0 Å². The summed E-state index contributed by atoms with van der Waals surface area (Å²) < 4.78 is 10.8. The molecule has 0 saturated carbocycles. The summed E-state index contributed by atoms with van der Waals surface area (Å²) in [5.74, 6) is 1.38. The molecule has 20 heavy (non-hydrogen) atoms. The Bertz CT molecular complexity index is 410. The van der Waals surface area contributed by atoms with Crippen LogP contribution in [0.1, 0.15) is 31.9 Å². The van der Waals surface area contributed by atoms with E-state index in [2.05, 4.69) is 5.32 Å². The Balaban J connectivity index is 2.94. The van der Waals surface area contributed by atoms with Crippen LogP contribution < -0.4 is 20.5 Å². The molecule has 5 nitrogen and oxygen atoms in total. The lowest BCUT2D eigenvalue weighted by atomic mass is 10.0. The van der Waals surface area contributed by atoms with Crippen LogP contribution in [0, 0.1) is 0 Å². The van der Waals surface area contributed by atoms with Gasteiger partial charge >= 0.3 is 0 Å². The number of methoxy groups -OCH3 is 2. The highest BCUT2D eigenvalue weighted by molar-refractivity contribution is 5.48. The lowest BCUT2D eigenvalue weighted by molar-refractivity contribution is 0.168. The average Bonchev–Trinajstić information content (AvgIpc) is 2.42. The Morgan fingerprint density at radius 2 is 1.95 bits per heavy atom. The summed E-state index contributed by atoms with van der Waals surface area (Å²) in [6.07, 6.45) is 0.325. The number of rotatable bonds is 8. The first-order chi connectivity index (χ1) is 9.53. The molecule has 0 heterocycles. The number of aliphatic hydroxyl groups excluding tert-OH is 1. The Labute approximate surface area is 121 Å². The van der Waals surface area contributed by atoms with Crippen LogP contribution in [-0.2, 0) is 0 Å². The van der Waals surface area contributed by atoms with Gasteiger partial charge in [-0.1, -0.05) is 12.1 Å². The van der Waals surface area contributed by atoms with Crippen LogP contribution >= 0.6 is 0 Å². The van der Waals surface area contributed by atoms with Crippen molar-refractivity contribution in [3.8, 4) is 11.5 Å². The molecule has 0 aromatic heterocycles. The number of hydrogen-bond acceptors (Lipinski definition) is 5. The van der Waals surface area contributed by atoms with E-state index >= 15 is 0 Å². The van der Waals surface area contributed by atoms with Crippen molar-refractivity contribution in [1.82, 2.24) is 5.32 Å². The zero-order valence-electron chi connectivity index (χ0n) is 12.7. The van der Waals surface area contributed by atoms with Gasteiger partial charge in [0.25, 0.3) is 0 Å². The number of hydrogen-bond donors (Lipinski definition) is 3. The summed E-state index contributed by atoms with van der Waals surface area (Å²) in [6, 6.07) is 5.85. The molecule has 4 N–H and O–H groups in total.